The number of aromatic nitrogens is 1. The highest BCUT2D eigenvalue weighted by molar-refractivity contribution is 7.89. The molecule has 1 unspecified atom stereocenters. The Morgan fingerprint density at radius 1 is 1.36 bits per heavy atom. The van der Waals surface area contributed by atoms with Crippen LogP contribution >= 0.6 is 0 Å². The Hall–Kier alpha value is -2.32. The van der Waals surface area contributed by atoms with Crippen molar-refractivity contribution < 1.29 is 13.2 Å². The molecular formula is C17H22N4O3S. The van der Waals surface area contributed by atoms with E-state index >= 15 is 0 Å². The Balaban J connectivity index is 1.67. The minimum atomic E-state index is -3.69. The zero-order valence-electron chi connectivity index (χ0n) is 14.3. The number of aryl methyl sites for hydroxylation is 1. The molecule has 0 radical (unpaired) electrons. The van der Waals surface area contributed by atoms with Crippen LogP contribution in [0.15, 0.2) is 41.4 Å². The lowest BCUT2D eigenvalue weighted by atomic mass is 10.1. The van der Waals surface area contributed by atoms with E-state index in [1.54, 1.807) is 7.05 Å². The number of anilines is 1. The van der Waals surface area contributed by atoms with Crippen LogP contribution in [0.5, 0.6) is 0 Å². The van der Waals surface area contributed by atoms with Crippen LogP contribution in [0.3, 0.4) is 0 Å². The summed E-state index contributed by atoms with van der Waals surface area (Å²) >= 11 is 0. The van der Waals surface area contributed by atoms with Crippen molar-refractivity contribution in [2.45, 2.75) is 24.3 Å². The van der Waals surface area contributed by atoms with E-state index in [1.807, 2.05) is 12.1 Å². The maximum atomic E-state index is 12.4. The summed E-state index contributed by atoms with van der Waals surface area (Å²) in [6.45, 7) is 2.99. The molecule has 1 amide bonds. The first-order valence-electron chi connectivity index (χ1n) is 8.10. The molecule has 0 fully saturated rings. The Labute approximate surface area is 147 Å². The van der Waals surface area contributed by atoms with Crippen LogP contribution in [0.1, 0.15) is 23.0 Å². The van der Waals surface area contributed by atoms with Crippen LogP contribution in [0.2, 0.25) is 0 Å². The van der Waals surface area contributed by atoms with Crippen LogP contribution in [0, 0.1) is 0 Å². The predicted octanol–water partition coefficient (Wildman–Crippen LogP) is 0.854. The topological polar surface area (TPSA) is 97.4 Å². The van der Waals surface area contributed by atoms with E-state index in [-0.39, 0.29) is 17.1 Å². The number of nitrogens with two attached hydrogens (primary N) is 1. The fraction of sp³-hybridized carbons (Fsp3) is 0.353. The van der Waals surface area contributed by atoms with Gasteiger partial charge in [-0.3, -0.25) is 4.79 Å². The number of fused-ring (bicyclic) bond motifs is 1. The predicted molar refractivity (Wildman–Crippen MR) is 96.1 cm³/mol. The number of amides is 1. The van der Waals surface area contributed by atoms with Crippen LogP contribution in [0.4, 0.5) is 5.69 Å². The number of para-hydroxylation sites is 1. The number of nitrogens with one attached hydrogen (secondary N) is 1. The summed E-state index contributed by atoms with van der Waals surface area (Å²) in [6.07, 6.45) is 2.35. The lowest BCUT2D eigenvalue weighted by Crippen LogP contribution is -2.37. The molecular weight excluding hydrogens is 340 g/mol. The van der Waals surface area contributed by atoms with Crippen LogP contribution in [-0.4, -0.2) is 38.0 Å². The van der Waals surface area contributed by atoms with Gasteiger partial charge in [-0.25, -0.2) is 13.1 Å². The third-order valence-corrected chi connectivity index (χ3v) is 5.96. The minimum absolute atomic E-state index is 0.0404. The summed E-state index contributed by atoms with van der Waals surface area (Å²) in [5, 5.41) is 0. The lowest BCUT2D eigenvalue weighted by molar-refractivity contribution is 0.0992. The Morgan fingerprint density at radius 3 is 2.76 bits per heavy atom. The number of rotatable bonds is 6. The van der Waals surface area contributed by atoms with E-state index in [0.717, 1.165) is 12.1 Å². The maximum Gasteiger partial charge on any atom is 0.265 e. The van der Waals surface area contributed by atoms with Gasteiger partial charge in [0, 0.05) is 38.1 Å². The molecule has 0 bridgehead atoms. The normalized spacial score (nSPS) is 16.9. The van der Waals surface area contributed by atoms with Crippen molar-refractivity contribution in [2.24, 2.45) is 12.8 Å². The molecule has 2 heterocycles. The van der Waals surface area contributed by atoms with Crippen molar-refractivity contribution in [3.63, 3.8) is 0 Å². The number of hydrogen-bond acceptors (Lipinski definition) is 4. The minimum Gasteiger partial charge on any atom is -0.367 e. The number of benzene rings is 1. The molecule has 1 atom stereocenters. The largest absolute Gasteiger partial charge is 0.367 e. The summed E-state index contributed by atoms with van der Waals surface area (Å²) < 4.78 is 28.9. The van der Waals surface area contributed by atoms with Gasteiger partial charge in [-0.1, -0.05) is 18.2 Å². The average Bonchev–Trinajstić information content (AvgIpc) is 3.08. The van der Waals surface area contributed by atoms with Crippen LogP contribution in [-0.2, 0) is 23.5 Å². The van der Waals surface area contributed by atoms with Crippen molar-refractivity contribution in [1.29, 1.82) is 0 Å². The second-order valence-corrected chi connectivity index (χ2v) is 8.08. The zero-order chi connectivity index (χ0) is 18.2. The van der Waals surface area contributed by atoms with Gasteiger partial charge in [0.1, 0.15) is 10.6 Å². The quantitative estimate of drug-likeness (QED) is 0.796. The van der Waals surface area contributed by atoms with E-state index in [9.17, 15) is 13.2 Å². The molecule has 0 saturated heterocycles. The van der Waals surface area contributed by atoms with E-state index in [4.69, 9.17) is 5.73 Å². The van der Waals surface area contributed by atoms with E-state index in [0.29, 0.717) is 12.6 Å². The Kier molecular flexibility index (Phi) is 4.57. The lowest BCUT2D eigenvalue weighted by Gasteiger charge is -2.24. The SMILES string of the molecule is CC1Cc2ccccc2N1CCNS(=O)(=O)c1cc(C(N)=O)n(C)c1. The van der Waals surface area contributed by atoms with Gasteiger partial charge in [-0.2, -0.15) is 0 Å². The number of hydrogen-bond donors (Lipinski definition) is 2. The molecule has 0 spiro atoms. The third kappa shape index (κ3) is 3.40. The van der Waals surface area contributed by atoms with Gasteiger partial charge in [0.25, 0.3) is 5.91 Å². The van der Waals surface area contributed by atoms with Gasteiger partial charge in [0.15, 0.2) is 0 Å². The number of carbonyl (C=O) groups excluding carboxylic acids is 1. The van der Waals surface area contributed by atoms with Crippen molar-refractivity contribution in [3.05, 3.63) is 47.8 Å². The molecule has 8 heteroatoms. The summed E-state index contributed by atoms with van der Waals surface area (Å²) in [7, 11) is -2.10. The molecule has 1 aliphatic heterocycles. The smallest absolute Gasteiger partial charge is 0.265 e. The first kappa shape index (κ1) is 17.5. The first-order chi connectivity index (χ1) is 11.8. The molecule has 0 saturated carbocycles. The molecule has 1 aromatic heterocycles. The third-order valence-electron chi connectivity index (χ3n) is 4.54. The Bertz CT molecular complexity index is 904. The van der Waals surface area contributed by atoms with Crippen LogP contribution in [0.25, 0.3) is 0 Å². The van der Waals surface area contributed by atoms with Crippen molar-refractivity contribution in [3.8, 4) is 0 Å². The van der Waals surface area contributed by atoms with E-state index in [1.165, 1.54) is 22.4 Å². The molecule has 2 aromatic rings. The monoisotopic (exact) mass is 362 g/mol. The summed E-state index contributed by atoms with van der Waals surface area (Å²) in [6, 6.07) is 9.79. The van der Waals surface area contributed by atoms with Crippen LogP contribution < -0.4 is 15.4 Å². The molecule has 1 aromatic carbocycles. The fourth-order valence-corrected chi connectivity index (χ4v) is 4.37. The first-order valence-corrected chi connectivity index (χ1v) is 9.58. The van der Waals surface area contributed by atoms with Gasteiger partial charge in [-0.15, -0.1) is 0 Å². The molecule has 7 nitrogen and oxygen atoms in total. The molecule has 25 heavy (non-hydrogen) atoms. The van der Waals surface area contributed by atoms with Gasteiger partial charge in [-0.05, 0) is 31.0 Å². The van der Waals surface area contributed by atoms with Gasteiger partial charge < -0.3 is 15.2 Å². The number of nitrogens with zero attached hydrogens (tertiary/aromatic N) is 2. The summed E-state index contributed by atoms with van der Waals surface area (Å²) in [4.78, 5) is 13.5. The van der Waals surface area contributed by atoms with Gasteiger partial charge in [0.05, 0.1) is 0 Å². The molecule has 0 aliphatic carbocycles. The van der Waals surface area contributed by atoms with Crippen molar-refractivity contribution in [1.82, 2.24) is 9.29 Å². The van der Waals surface area contributed by atoms with Crippen molar-refractivity contribution in [2.75, 3.05) is 18.0 Å². The fourth-order valence-electron chi connectivity index (χ4n) is 3.28. The standard InChI is InChI=1S/C17H22N4O3S/c1-12-9-13-5-3-4-6-15(13)21(12)8-7-19-25(23,24)14-10-16(17(18)22)20(2)11-14/h3-6,10-12,19H,7-9H2,1-2H3,(H2,18,22). The van der Waals surface area contributed by atoms with Crippen molar-refractivity contribution >= 4 is 21.6 Å². The summed E-state index contributed by atoms with van der Waals surface area (Å²) in [5.74, 6) is -0.661. The molecule has 3 N–H and O–H groups in total. The Morgan fingerprint density at radius 2 is 2.08 bits per heavy atom. The molecule has 134 valence electrons. The number of primary amides is 1. The summed E-state index contributed by atoms with van der Waals surface area (Å²) in [5.41, 5.74) is 7.83. The van der Waals surface area contributed by atoms with Gasteiger partial charge >= 0.3 is 0 Å². The number of sulfonamides is 1. The maximum absolute atomic E-state index is 12.4. The zero-order valence-corrected chi connectivity index (χ0v) is 15.1. The van der Waals surface area contributed by atoms with E-state index < -0.39 is 15.9 Å². The van der Waals surface area contributed by atoms with Gasteiger partial charge in [0.2, 0.25) is 10.0 Å². The highest BCUT2D eigenvalue weighted by Crippen LogP contribution is 2.31. The second-order valence-electron chi connectivity index (χ2n) is 6.31. The highest BCUT2D eigenvalue weighted by Gasteiger charge is 2.26. The average molecular weight is 362 g/mol. The number of carbonyl (C=O) groups is 1. The van der Waals surface area contributed by atoms with E-state index in [2.05, 4.69) is 28.7 Å². The highest BCUT2D eigenvalue weighted by atomic mass is 32.2. The molecule has 3 rings (SSSR count). The molecule has 1 aliphatic rings. The second kappa shape index (κ2) is 6.53.